The Bertz CT molecular complexity index is 1690. The highest BCUT2D eigenvalue weighted by Gasteiger charge is 2.40. The Morgan fingerprint density at radius 1 is 0.933 bits per heavy atom. The van der Waals surface area contributed by atoms with Crippen LogP contribution >= 0.6 is 0 Å². The number of aryl methyl sites for hydroxylation is 2. The molecule has 1 aromatic heterocycles. The molecule has 3 aliphatic rings. The minimum absolute atomic E-state index is 0.0881. The number of hydrogen-bond acceptors (Lipinski definition) is 6. The highest BCUT2D eigenvalue weighted by molar-refractivity contribution is 5.96. The first-order valence-corrected chi connectivity index (χ1v) is 15.2. The maximum Gasteiger partial charge on any atom is 0.453 e. The molecule has 0 saturated carbocycles. The van der Waals surface area contributed by atoms with Gasteiger partial charge < -0.3 is 14.9 Å². The van der Waals surface area contributed by atoms with Gasteiger partial charge in [0.15, 0.2) is 5.82 Å². The van der Waals surface area contributed by atoms with E-state index in [2.05, 4.69) is 44.2 Å². The summed E-state index contributed by atoms with van der Waals surface area (Å²) in [5.74, 6) is 5.93. The summed E-state index contributed by atoms with van der Waals surface area (Å²) in [6, 6.07) is 13.0. The molecular weight excluding hydrogens is 585 g/mol. The number of nitrogens with zero attached hydrogens (tertiary/aromatic N) is 6. The number of rotatable bonds is 3. The Hall–Kier alpha value is -4.66. The lowest BCUT2D eigenvalue weighted by Crippen LogP contribution is -2.40. The third-order valence-corrected chi connectivity index (χ3v) is 8.90. The second kappa shape index (κ2) is 12.4. The topological polar surface area (TPSA) is 104 Å². The van der Waals surface area contributed by atoms with Gasteiger partial charge in [0.25, 0.3) is 11.7 Å². The van der Waals surface area contributed by atoms with Crippen LogP contribution in [0.5, 0.6) is 0 Å². The summed E-state index contributed by atoms with van der Waals surface area (Å²) >= 11 is 0. The Balaban J connectivity index is 0.996. The molecule has 3 aliphatic heterocycles. The molecule has 0 spiro atoms. The third-order valence-electron chi connectivity index (χ3n) is 8.90. The van der Waals surface area contributed by atoms with E-state index in [-0.39, 0.29) is 23.2 Å². The molecule has 2 aromatic carbocycles. The molecule has 4 heterocycles. The second-order valence-corrected chi connectivity index (χ2v) is 11.8. The van der Waals surface area contributed by atoms with Crippen LogP contribution in [0.15, 0.2) is 47.6 Å². The van der Waals surface area contributed by atoms with Crippen LogP contribution in [0.1, 0.15) is 87.1 Å². The van der Waals surface area contributed by atoms with Gasteiger partial charge in [-0.25, -0.2) is 4.79 Å². The fourth-order valence-corrected chi connectivity index (χ4v) is 6.30. The number of aromatic carboxylic acids is 1. The number of fused-ring (bicyclic) bond motifs is 1. The number of hydrogen-bond donors (Lipinski definition) is 1. The van der Waals surface area contributed by atoms with Crippen LogP contribution in [0, 0.1) is 24.7 Å². The van der Waals surface area contributed by atoms with Crippen molar-refractivity contribution in [1.29, 1.82) is 0 Å². The van der Waals surface area contributed by atoms with Crippen molar-refractivity contribution in [2.75, 3.05) is 26.2 Å². The Morgan fingerprint density at radius 2 is 1.64 bits per heavy atom. The maximum atomic E-state index is 13.3. The van der Waals surface area contributed by atoms with Crippen molar-refractivity contribution in [1.82, 2.24) is 24.7 Å². The van der Waals surface area contributed by atoms with Crippen molar-refractivity contribution < 1.29 is 27.9 Å². The number of piperidine rings is 2. The number of halogens is 3. The highest BCUT2D eigenvalue weighted by Crippen LogP contribution is 2.32. The van der Waals surface area contributed by atoms with Crippen LogP contribution in [-0.2, 0) is 12.6 Å². The summed E-state index contributed by atoms with van der Waals surface area (Å²) in [7, 11) is 0. The maximum absolute atomic E-state index is 13.3. The molecule has 2 fully saturated rings. The predicted octanol–water partition coefficient (Wildman–Crippen LogP) is 5.19. The number of carboxylic acid groups (broad SMARTS) is 1. The smallest absolute Gasteiger partial charge is 0.453 e. The van der Waals surface area contributed by atoms with Crippen molar-refractivity contribution in [2.45, 2.75) is 57.5 Å². The van der Waals surface area contributed by atoms with E-state index < -0.39 is 18.0 Å². The number of carbonyl (C=O) groups excluding carboxylic acids is 1. The largest absolute Gasteiger partial charge is 0.478 e. The van der Waals surface area contributed by atoms with Crippen molar-refractivity contribution in [2.24, 2.45) is 11.0 Å². The zero-order chi connectivity index (χ0) is 31.7. The second-order valence-electron chi connectivity index (χ2n) is 11.8. The zero-order valence-electron chi connectivity index (χ0n) is 24.8. The molecule has 1 N–H and O–H groups in total. The van der Waals surface area contributed by atoms with Gasteiger partial charge in [-0.1, -0.05) is 24.0 Å². The van der Waals surface area contributed by atoms with E-state index in [0.717, 1.165) is 49.0 Å². The SMILES string of the molecule is Cc1cc(C(=O)N2CCC(C#Cc3ccc(C4CCN(C5=Nn6c(nnc6C(F)(F)F)CC5)CC4)cc3)CC2)ccc1C(=O)O. The van der Waals surface area contributed by atoms with E-state index in [1.54, 1.807) is 24.0 Å². The van der Waals surface area contributed by atoms with Crippen molar-refractivity contribution in [3.8, 4) is 11.8 Å². The fourth-order valence-electron chi connectivity index (χ4n) is 6.30. The van der Waals surface area contributed by atoms with E-state index in [0.29, 0.717) is 48.8 Å². The first-order valence-electron chi connectivity index (χ1n) is 15.2. The van der Waals surface area contributed by atoms with Crippen LogP contribution in [0.3, 0.4) is 0 Å². The van der Waals surface area contributed by atoms with Crippen LogP contribution < -0.4 is 0 Å². The standard InChI is InChI=1S/C33H33F3N6O3/c1-21-20-26(8-9-27(21)31(44)45)30(43)41-16-12-23(13-17-41)3-2-22-4-6-24(7-5-22)25-14-18-40(19-15-25)29-11-10-28-37-38-32(33(34,35)36)42(28)39-29/h4-9,20,23,25H,10-19H2,1H3,(H,44,45). The number of benzene rings is 2. The lowest BCUT2D eigenvalue weighted by molar-refractivity contribution is -0.147. The van der Waals surface area contributed by atoms with Gasteiger partial charge in [-0.2, -0.15) is 22.9 Å². The van der Waals surface area contributed by atoms with Gasteiger partial charge in [-0.05, 0) is 80.0 Å². The molecule has 0 atom stereocenters. The number of likely N-dealkylation sites (tertiary alicyclic amines) is 2. The van der Waals surface area contributed by atoms with Gasteiger partial charge in [0, 0.05) is 56.1 Å². The van der Waals surface area contributed by atoms with Gasteiger partial charge in [0.1, 0.15) is 5.84 Å². The van der Waals surface area contributed by atoms with Crippen LogP contribution in [0.2, 0.25) is 0 Å². The first-order chi connectivity index (χ1) is 21.6. The van der Waals surface area contributed by atoms with Crippen molar-refractivity contribution in [3.63, 3.8) is 0 Å². The zero-order valence-corrected chi connectivity index (χ0v) is 24.8. The van der Waals surface area contributed by atoms with Crippen LogP contribution in [0.25, 0.3) is 0 Å². The molecule has 12 heteroatoms. The summed E-state index contributed by atoms with van der Waals surface area (Å²) < 4.78 is 40.7. The minimum atomic E-state index is -4.60. The monoisotopic (exact) mass is 618 g/mol. The average Bonchev–Trinajstić information content (AvgIpc) is 3.48. The molecule has 0 aliphatic carbocycles. The summed E-state index contributed by atoms with van der Waals surface area (Å²) in [5, 5.41) is 20.5. The number of carbonyl (C=O) groups is 2. The summed E-state index contributed by atoms with van der Waals surface area (Å²) in [6.45, 7) is 4.34. The normalized spacial score (nSPS) is 17.7. The van der Waals surface area contributed by atoms with Gasteiger partial charge in [-0.3, -0.25) is 4.79 Å². The van der Waals surface area contributed by atoms with E-state index >= 15 is 0 Å². The molecular formula is C33H33F3N6O3. The molecule has 2 saturated heterocycles. The molecule has 0 bridgehead atoms. The molecule has 0 unspecified atom stereocenters. The van der Waals surface area contributed by atoms with Gasteiger partial charge in [0.2, 0.25) is 0 Å². The van der Waals surface area contributed by atoms with Gasteiger partial charge >= 0.3 is 12.1 Å². The Morgan fingerprint density at radius 3 is 2.29 bits per heavy atom. The molecule has 45 heavy (non-hydrogen) atoms. The lowest BCUT2D eigenvalue weighted by atomic mass is 9.88. The van der Waals surface area contributed by atoms with E-state index in [9.17, 15) is 27.9 Å². The molecule has 234 valence electrons. The fraction of sp³-hybridized carbons (Fsp3) is 0.424. The van der Waals surface area contributed by atoms with Crippen LogP contribution in [-0.4, -0.2) is 73.7 Å². The van der Waals surface area contributed by atoms with Crippen LogP contribution in [0.4, 0.5) is 13.2 Å². The van der Waals surface area contributed by atoms with E-state index in [1.807, 2.05) is 12.1 Å². The number of amidine groups is 1. The lowest BCUT2D eigenvalue weighted by Gasteiger charge is -2.35. The first kappa shape index (κ1) is 30.4. The predicted molar refractivity (Wildman–Crippen MR) is 160 cm³/mol. The number of carboxylic acids is 1. The Kier molecular flexibility index (Phi) is 8.36. The molecule has 6 rings (SSSR count). The average molecular weight is 619 g/mol. The summed E-state index contributed by atoms with van der Waals surface area (Å²) in [4.78, 5) is 28.1. The minimum Gasteiger partial charge on any atom is -0.478 e. The quantitative estimate of drug-likeness (QED) is 0.405. The Labute approximate surface area is 258 Å². The number of amides is 1. The number of aromatic nitrogens is 3. The van der Waals surface area contributed by atoms with E-state index in [1.165, 1.54) is 11.6 Å². The molecule has 9 nitrogen and oxygen atoms in total. The molecule has 0 radical (unpaired) electrons. The van der Waals surface area contributed by atoms with E-state index in [4.69, 9.17) is 0 Å². The summed E-state index contributed by atoms with van der Waals surface area (Å²) in [6.07, 6.45) is -0.347. The van der Waals surface area contributed by atoms with Crippen molar-refractivity contribution in [3.05, 3.63) is 81.9 Å². The van der Waals surface area contributed by atoms with Gasteiger partial charge in [0.05, 0.1) is 5.56 Å². The summed E-state index contributed by atoms with van der Waals surface area (Å²) in [5.41, 5.74) is 3.43. The highest BCUT2D eigenvalue weighted by atomic mass is 19.4. The van der Waals surface area contributed by atoms with Crippen molar-refractivity contribution >= 4 is 17.7 Å². The molecule has 3 aromatic rings. The molecule has 1 amide bonds. The van der Waals surface area contributed by atoms with Gasteiger partial charge in [-0.15, -0.1) is 10.2 Å². The third kappa shape index (κ3) is 6.57. The number of alkyl halides is 3.